The fourth-order valence-electron chi connectivity index (χ4n) is 4.47. The molecule has 1 aromatic carbocycles. The highest BCUT2D eigenvalue weighted by Gasteiger charge is 2.24. The summed E-state index contributed by atoms with van der Waals surface area (Å²) in [7, 11) is 0. The van der Waals surface area contributed by atoms with Gasteiger partial charge in [-0.05, 0) is 62.1 Å². The highest BCUT2D eigenvalue weighted by atomic mass is 16.1. The first-order valence-electron chi connectivity index (χ1n) is 10.3. The van der Waals surface area contributed by atoms with Crippen LogP contribution in [0.2, 0.25) is 0 Å². The molecule has 27 heavy (non-hydrogen) atoms. The molecule has 0 radical (unpaired) electrons. The average Bonchev–Trinajstić information content (AvgIpc) is 3.32. The minimum atomic E-state index is 0.150. The largest absolute Gasteiger partial charge is 0.371 e. The van der Waals surface area contributed by atoms with Crippen LogP contribution >= 0.6 is 0 Å². The molecule has 2 aromatic rings. The second kappa shape index (κ2) is 8.15. The molecule has 1 aromatic heterocycles. The quantitative estimate of drug-likeness (QED) is 0.825. The smallest absolute Gasteiger partial charge is 0.220 e. The molecule has 1 saturated heterocycles. The van der Waals surface area contributed by atoms with Gasteiger partial charge in [-0.1, -0.05) is 18.2 Å². The molecule has 4 rings (SSSR count). The molecule has 1 aliphatic heterocycles. The van der Waals surface area contributed by atoms with Crippen molar-refractivity contribution in [3.05, 3.63) is 46.8 Å². The third kappa shape index (κ3) is 4.18. The second-order valence-corrected chi connectivity index (χ2v) is 8.03. The molecule has 1 amide bonds. The van der Waals surface area contributed by atoms with E-state index in [1.165, 1.54) is 35.3 Å². The van der Waals surface area contributed by atoms with Crippen molar-refractivity contribution >= 4 is 11.6 Å². The Morgan fingerprint density at radius 1 is 1.30 bits per heavy atom. The number of aromatic nitrogens is 2. The first-order valence-corrected chi connectivity index (χ1v) is 10.3. The number of nitrogens with zero attached hydrogens (tertiary/aromatic N) is 2. The minimum Gasteiger partial charge on any atom is -0.371 e. The Bertz CT molecular complexity index is 797. The maximum absolute atomic E-state index is 12.3. The number of aryl methyl sites for hydroxylation is 3. The number of anilines is 1. The van der Waals surface area contributed by atoms with Crippen molar-refractivity contribution in [3.8, 4) is 0 Å². The van der Waals surface area contributed by atoms with E-state index in [1.54, 1.807) is 0 Å². The molecule has 0 bridgehead atoms. The average molecular weight is 367 g/mol. The summed E-state index contributed by atoms with van der Waals surface area (Å²) in [4.78, 5) is 14.8. The van der Waals surface area contributed by atoms with Crippen molar-refractivity contribution in [2.75, 3.05) is 24.5 Å². The van der Waals surface area contributed by atoms with Gasteiger partial charge >= 0.3 is 0 Å². The Hall–Kier alpha value is -2.30. The van der Waals surface area contributed by atoms with E-state index in [0.29, 0.717) is 12.3 Å². The van der Waals surface area contributed by atoms with E-state index >= 15 is 0 Å². The lowest BCUT2D eigenvalue weighted by atomic mass is 9.94. The van der Waals surface area contributed by atoms with Crippen molar-refractivity contribution in [3.63, 3.8) is 0 Å². The molecule has 1 fully saturated rings. The molecule has 5 nitrogen and oxygen atoms in total. The molecular weight excluding hydrogens is 336 g/mol. The van der Waals surface area contributed by atoms with Crippen LogP contribution in [0.15, 0.2) is 24.3 Å². The predicted molar refractivity (Wildman–Crippen MR) is 108 cm³/mol. The van der Waals surface area contributed by atoms with Crippen molar-refractivity contribution in [2.45, 2.75) is 51.9 Å². The van der Waals surface area contributed by atoms with E-state index in [0.717, 1.165) is 51.0 Å². The molecular formula is C22H30N4O. The Morgan fingerprint density at radius 2 is 2.15 bits per heavy atom. The van der Waals surface area contributed by atoms with E-state index in [2.05, 4.69) is 51.6 Å². The highest BCUT2D eigenvalue weighted by Crippen LogP contribution is 2.26. The van der Waals surface area contributed by atoms with Gasteiger partial charge in [-0.2, -0.15) is 5.10 Å². The maximum atomic E-state index is 12.3. The zero-order valence-electron chi connectivity index (χ0n) is 16.3. The summed E-state index contributed by atoms with van der Waals surface area (Å²) in [6, 6.07) is 8.55. The molecule has 2 heterocycles. The van der Waals surface area contributed by atoms with Gasteiger partial charge in [0.05, 0.1) is 5.69 Å². The Balaban J connectivity index is 1.22. The molecule has 1 aliphatic carbocycles. The molecule has 1 unspecified atom stereocenters. The number of carbonyl (C=O) groups excluding carboxylic acids is 1. The number of fused-ring (bicyclic) bond motifs is 1. The van der Waals surface area contributed by atoms with Crippen molar-refractivity contribution in [2.24, 2.45) is 5.92 Å². The van der Waals surface area contributed by atoms with E-state index in [-0.39, 0.29) is 5.91 Å². The summed E-state index contributed by atoms with van der Waals surface area (Å²) in [6.07, 6.45) is 7.12. The highest BCUT2D eigenvalue weighted by molar-refractivity contribution is 5.76. The Labute approximate surface area is 161 Å². The van der Waals surface area contributed by atoms with Gasteiger partial charge in [0.2, 0.25) is 5.91 Å². The number of hydrogen-bond donors (Lipinski definition) is 2. The summed E-state index contributed by atoms with van der Waals surface area (Å²) in [5.41, 5.74) is 6.42. The molecule has 0 saturated carbocycles. The summed E-state index contributed by atoms with van der Waals surface area (Å²) in [5.74, 6) is 0.684. The van der Waals surface area contributed by atoms with Crippen LogP contribution in [0, 0.1) is 12.8 Å². The van der Waals surface area contributed by atoms with Gasteiger partial charge in [0.25, 0.3) is 0 Å². The molecule has 5 heteroatoms. The maximum Gasteiger partial charge on any atom is 0.220 e. The third-order valence-corrected chi connectivity index (χ3v) is 6.06. The first kappa shape index (κ1) is 18.1. The van der Waals surface area contributed by atoms with Crippen LogP contribution in [0.5, 0.6) is 0 Å². The fourth-order valence-corrected chi connectivity index (χ4v) is 4.47. The van der Waals surface area contributed by atoms with Gasteiger partial charge < -0.3 is 10.2 Å². The number of hydrogen-bond acceptors (Lipinski definition) is 3. The molecule has 144 valence electrons. The number of amides is 1. The molecule has 2 aliphatic rings. The van der Waals surface area contributed by atoms with E-state index in [4.69, 9.17) is 0 Å². The van der Waals surface area contributed by atoms with Crippen LogP contribution in [0.25, 0.3) is 0 Å². The van der Waals surface area contributed by atoms with Crippen LogP contribution in [-0.2, 0) is 24.1 Å². The minimum absolute atomic E-state index is 0.150. The topological polar surface area (TPSA) is 61.0 Å². The lowest BCUT2D eigenvalue weighted by molar-refractivity contribution is -0.121. The van der Waals surface area contributed by atoms with E-state index in [1.807, 2.05) is 0 Å². The van der Waals surface area contributed by atoms with Crippen molar-refractivity contribution in [1.29, 1.82) is 0 Å². The zero-order chi connectivity index (χ0) is 18.6. The predicted octanol–water partition coefficient (Wildman–Crippen LogP) is 3.17. The van der Waals surface area contributed by atoms with Gasteiger partial charge in [0, 0.05) is 43.9 Å². The van der Waals surface area contributed by atoms with Crippen LogP contribution in [-0.4, -0.2) is 35.7 Å². The third-order valence-electron chi connectivity index (χ3n) is 6.06. The lowest BCUT2D eigenvalue weighted by Gasteiger charge is -2.21. The fraction of sp³-hybridized carbons (Fsp3) is 0.545. The Kier molecular flexibility index (Phi) is 5.46. The van der Waals surface area contributed by atoms with Gasteiger partial charge in [-0.3, -0.25) is 9.89 Å². The monoisotopic (exact) mass is 366 g/mol. The van der Waals surface area contributed by atoms with Gasteiger partial charge in [-0.15, -0.1) is 0 Å². The van der Waals surface area contributed by atoms with Gasteiger partial charge in [0.15, 0.2) is 0 Å². The molecule has 0 spiro atoms. The zero-order valence-corrected chi connectivity index (χ0v) is 16.3. The summed E-state index contributed by atoms with van der Waals surface area (Å²) in [5, 5.41) is 10.8. The van der Waals surface area contributed by atoms with Crippen molar-refractivity contribution < 1.29 is 4.79 Å². The van der Waals surface area contributed by atoms with Crippen LogP contribution < -0.4 is 10.2 Å². The standard InChI is InChI=1S/C22H30N4O/c1-16-6-2-5-9-21(16)26-13-12-17(15-26)14-23-22(27)11-10-20-18-7-3-4-8-19(18)24-25-20/h2,5-6,9,17H,3-4,7-8,10-15H2,1H3,(H,23,27)(H,24,25). The number of H-pyrrole nitrogens is 1. The number of rotatable bonds is 6. The number of aromatic amines is 1. The van der Waals surface area contributed by atoms with Crippen molar-refractivity contribution in [1.82, 2.24) is 15.5 Å². The lowest BCUT2D eigenvalue weighted by Crippen LogP contribution is -2.31. The van der Waals surface area contributed by atoms with E-state index in [9.17, 15) is 4.79 Å². The number of nitrogens with one attached hydrogen (secondary N) is 2. The number of para-hydroxylation sites is 1. The van der Waals surface area contributed by atoms with Crippen LogP contribution in [0.1, 0.15) is 48.2 Å². The van der Waals surface area contributed by atoms with Crippen LogP contribution in [0.3, 0.4) is 0 Å². The first-order chi connectivity index (χ1) is 13.2. The number of carbonyl (C=O) groups is 1. The van der Waals surface area contributed by atoms with Crippen LogP contribution in [0.4, 0.5) is 5.69 Å². The summed E-state index contributed by atoms with van der Waals surface area (Å²) in [6.45, 7) is 5.04. The summed E-state index contributed by atoms with van der Waals surface area (Å²) < 4.78 is 0. The molecule has 1 atom stereocenters. The number of benzene rings is 1. The normalized spacial score (nSPS) is 19.1. The summed E-state index contributed by atoms with van der Waals surface area (Å²) >= 11 is 0. The molecule has 2 N–H and O–H groups in total. The SMILES string of the molecule is Cc1ccccc1N1CCC(CNC(=O)CCc2n[nH]c3c2CCCC3)C1. The van der Waals surface area contributed by atoms with E-state index < -0.39 is 0 Å². The Morgan fingerprint density at radius 3 is 3.04 bits per heavy atom. The van der Waals surface area contributed by atoms with Gasteiger partial charge in [-0.25, -0.2) is 0 Å². The van der Waals surface area contributed by atoms with Gasteiger partial charge in [0.1, 0.15) is 0 Å². The second-order valence-electron chi connectivity index (χ2n) is 8.03.